The van der Waals surface area contributed by atoms with Crippen LogP contribution in [-0.4, -0.2) is 45.2 Å². The molecule has 5 nitrogen and oxygen atoms in total. The Hall–Kier alpha value is -1.69. The predicted molar refractivity (Wildman–Crippen MR) is 74.1 cm³/mol. The highest BCUT2D eigenvalue weighted by Crippen LogP contribution is 2.31. The summed E-state index contributed by atoms with van der Waals surface area (Å²) in [5.74, 6) is 0.948. The lowest BCUT2D eigenvalue weighted by Gasteiger charge is -2.14. The van der Waals surface area contributed by atoms with Gasteiger partial charge in [0.05, 0.1) is 6.20 Å². The Morgan fingerprint density at radius 2 is 2.20 bits per heavy atom. The second-order valence-electron chi connectivity index (χ2n) is 5.85. The molecular weight excluding hydrogens is 257 g/mol. The van der Waals surface area contributed by atoms with E-state index in [1.54, 1.807) is 6.07 Å². The highest BCUT2D eigenvalue weighted by Gasteiger charge is 2.34. The average molecular weight is 275 g/mol. The Morgan fingerprint density at radius 3 is 3.05 bits per heavy atom. The van der Waals surface area contributed by atoms with Crippen molar-refractivity contribution < 1.29 is 4.39 Å². The first kappa shape index (κ1) is 12.1. The lowest BCUT2D eigenvalue weighted by Crippen LogP contribution is -2.25. The van der Waals surface area contributed by atoms with Gasteiger partial charge in [0, 0.05) is 19.1 Å². The van der Waals surface area contributed by atoms with E-state index >= 15 is 0 Å². The fourth-order valence-electron chi connectivity index (χ4n) is 2.97. The number of likely N-dealkylation sites (tertiary alicyclic amines) is 1. The van der Waals surface area contributed by atoms with Gasteiger partial charge in [0.2, 0.25) is 5.95 Å². The van der Waals surface area contributed by atoms with Crippen LogP contribution in [0, 0.1) is 11.7 Å². The fraction of sp³-hybridized carbons (Fsp3) is 0.571. The van der Waals surface area contributed by atoms with Crippen LogP contribution < -0.4 is 5.32 Å². The minimum Gasteiger partial charge on any atom is -0.353 e. The van der Waals surface area contributed by atoms with Crippen molar-refractivity contribution in [1.82, 2.24) is 19.5 Å². The van der Waals surface area contributed by atoms with E-state index in [1.807, 2.05) is 0 Å². The number of aromatic nitrogens is 3. The molecule has 1 saturated carbocycles. The summed E-state index contributed by atoms with van der Waals surface area (Å²) < 4.78 is 14.6. The van der Waals surface area contributed by atoms with Crippen molar-refractivity contribution in [1.29, 1.82) is 0 Å². The van der Waals surface area contributed by atoms with Gasteiger partial charge in [0.1, 0.15) is 5.82 Å². The molecule has 1 atom stereocenters. The molecule has 1 aliphatic heterocycles. The largest absolute Gasteiger partial charge is 0.353 e. The number of hydrogen-bond donors (Lipinski definition) is 1. The van der Waals surface area contributed by atoms with E-state index in [-0.39, 0.29) is 5.82 Å². The molecule has 2 aromatic heterocycles. The molecule has 1 saturated heterocycles. The maximum atomic E-state index is 13.1. The van der Waals surface area contributed by atoms with E-state index in [9.17, 15) is 4.39 Å². The van der Waals surface area contributed by atoms with Gasteiger partial charge in [-0.1, -0.05) is 0 Å². The minimum atomic E-state index is -0.301. The summed E-state index contributed by atoms with van der Waals surface area (Å²) in [6, 6.07) is 3.90. The Balaban J connectivity index is 1.38. The Bertz CT molecular complexity index is 621. The molecule has 0 amide bonds. The molecule has 3 heterocycles. The van der Waals surface area contributed by atoms with E-state index in [1.165, 1.54) is 49.1 Å². The van der Waals surface area contributed by atoms with Gasteiger partial charge in [0.25, 0.3) is 0 Å². The number of rotatable bonds is 4. The van der Waals surface area contributed by atoms with Crippen molar-refractivity contribution in [3.8, 4) is 0 Å². The van der Waals surface area contributed by atoms with Gasteiger partial charge in [-0.05, 0) is 43.9 Å². The molecule has 0 bridgehead atoms. The number of nitrogens with one attached hydrogen (secondary N) is 1. The van der Waals surface area contributed by atoms with Gasteiger partial charge < -0.3 is 10.2 Å². The summed E-state index contributed by atoms with van der Waals surface area (Å²) in [7, 11) is 0. The number of anilines is 1. The Morgan fingerprint density at radius 1 is 1.30 bits per heavy atom. The van der Waals surface area contributed by atoms with Crippen molar-refractivity contribution in [3.63, 3.8) is 0 Å². The average Bonchev–Trinajstić information content (AvgIpc) is 3.04. The van der Waals surface area contributed by atoms with Crippen LogP contribution in [0.3, 0.4) is 0 Å². The summed E-state index contributed by atoms with van der Waals surface area (Å²) in [5, 5.41) is 7.53. The van der Waals surface area contributed by atoms with E-state index in [4.69, 9.17) is 0 Å². The topological polar surface area (TPSA) is 45.5 Å². The van der Waals surface area contributed by atoms with Crippen LogP contribution in [0.2, 0.25) is 0 Å². The van der Waals surface area contributed by atoms with E-state index in [0.717, 1.165) is 12.6 Å². The van der Waals surface area contributed by atoms with Gasteiger partial charge in [-0.2, -0.15) is 4.98 Å². The Labute approximate surface area is 116 Å². The first-order chi connectivity index (χ1) is 9.78. The third-order valence-electron chi connectivity index (χ3n) is 4.22. The van der Waals surface area contributed by atoms with Crippen LogP contribution in [-0.2, 0) is 0 Å². The summed E-state index contributed by atoms with van der Waals surface area (Å²) in [6.45, 7) is 3.29. The summed E-state index contributed by atoms with van der Waals surface area (Å²) in [6.07, 6.45) is 5.34. The molecule has 20 heavy (non-hydrogen) atoms. The standard InChI is InChI=1S/C14H18FN5/c15-11-1-4-13-17-14(18-20(13)9-11)16-7-10-5-6-19(8-10)12-2-3-12/h1,4,9-10,12H,2-3,5-8H2,(H,16,18). The van der Waals surface area contributed by atoms with Crippen LogP contribution in [0.5, 0.6) is 0 Å². The first-order valence-corrected chi connectivity index (χ1v) is 7.28. The van der Waals surface area contributed by atoms with E-state index < -0.39 is 0 Å². The SMILES string of the molecule is Fc1ccc2nc(NCC3CCN(C4CC4)C3)nn2c1. The number of nitrogens with zero attached hydrogens (tertiary/aromatic N) is 4. The molecule has 1 unspecified atom stereocenters. The zero-order valence-electron chi connectivity index (χ0n) is 11.3. The van der Waals surface area contributed by atoms with Crippen LogP contribution in [0.4, 0.5) is 10.3 Å². The van der Waals surface area contributed by atoms with Crippen molar-refractivity contribution in [2.45, 2.75) is 25.3 Å². The summed E-state index contributed by atoms with van der Waals surface area (Å²) in [5.41, 5.74) is 0.667. The minimum absolute atomic E-state index is 0.301. The molecule has 0 spiro atoms. The highest BCUT2D eigenvalue weighted by molar-refractivity contribution is 5.43. The second kappa shape index (κ2) is 4.70. The molecule has 2 aliphatic rings. The van der Waals surface area contributed by atoms with Crippen molar-refractivity contribution in [2.75, 3.05) is 25.0 Å². The van der Waals surface area contributed by atoms with E-state index in [0.29, 0.717) is 17.5 Å². The Kier molecular flexibility index (Phi) is 2.84. The second-order valence-corrected chi connectivity index (χ2v) is 5.85. The molecular formula is C14H18FN5. The predicted octanol–water partition coefficient (Wildman–Crippen LogP) is 1.76. The van der Waals surface area contributed by atoms with Gasteiger partial charge in [-0.15, -0.1) is 5.10 Å². The summed E-state index contributed by atoms with van der Waals surface area (Å²) >= 11 is 0. The smallest absolute Gasteiger partial charge is 0.243 e. The monoisotopic (exact) mass is 275 g/mol. The molecule has 1 N–H and O–H groups in total. The van der Waals surface area contributed by atoms with Crippen molar-refractivity contribution in [3.05, 3.63) is 24.1 Å². The third kappa shape index (κ3) is 2.35. The maximum Gasteiger partial charge on any atom is 0.243 e. The number of fused-ring (bicyclic) bond motifs is 1. The quantitative estimate of drug-likeness (QED) is 0.923. The molecule has 0 radical (unpaired) electrons. The van der Waals surface area contributed by atoms with E-state index in [2.05, 4.69) is 20.3 Å². The highest BCUT2D eigenvalue weighted by atomic mass is 19.1. The van der Waals surface area contributed by atoms with Gasteiger partial charge in [-0.3, -0.25) is 0 Å². The molecule has 1 aliphatic carbocycles. The number of hydrogen-bond acceptors (Lipinski definition) is 4. The lowest BCUT2D eigenvalue weighted by atomic mass is 10.1. The molecule has 6 heteroatoms. The third-order valence-corrected chi connectivity index (χ3v) is 4.22. The van der Waals surface area contributed by atoms with Crippen molar-refractivity contribution >= 4 is 11.6 Å². The normalized spacial score (nSPS) is 23.6. The van der Waals surface area contributed by atoms with Gasteiger partial charge in [-0.25, -0.2) is 8.91 Å². The van der Waals surface area contributed by atoms with Gasteiger partial charge >= 0.3 is 0 Å². The van der Waals surface area contributed by atoms with Crippen LogP contribution in [0.15, 0.2) is 18.3 Å². The number of halogens is 1. The molecule has 2 aromatic rings. The maximum absolute atomic E-state index is 13.1. The number of pyridine rings is 1. The molecule has 106 valence electrons. The zero-order valence-corrected chi connectivity index (χ0v) is 11.3. The van der Waals surface area contributed by atoms with Gasteiger partial charge in [0.15, 0.2) is 5.65 Å². The molecule has 4 rings (SSSR count). The van der Waals surface area contributed by atoms with Crippen LogP contribution in [0.25, 0.3) is 5.65 Å². The first-order valence-electron chi connectivity index (χ1n) is 7.28. The lowest BCUT2D eigenvalue weighted by molar-refractivity contribution is 0.316. The van der Waals surface area contributed by atoms with Crippen molar-refractivity contribution in [2.24, 2.45) is 5.92 Å². The molecule has 0 aromatic carbocycles. The van der Waals surface area contributed by atoms with Crippen LogP contribution >= 0.6 is 0 Å². The zero-order chi connectivity index (χ0) is 13.5. The molecule has 2 fully saturated rings. The van der Waals surface area contributed by atoms with Crippen LogP contribution in [0.1, 0.15) is 19.3 Å². The fourth-order valence-corrected chi connectivity index (χ4v) is 2.97. The summed E-state index contributed by atoms with van der Waals surface area (Å²) in [4.78, 5) is 6.94.